The van der Waals surface area contributed by atoms with E-state index in [0.717, 1.165) is 50.7 Å². The van der Waals surface area contributed by atoms with E-state index in [9.17, 15) is 9.59 Å². The summed E-state index contributed by atoms with van der Waals surface area (Å²) in [7, 11) is 0. The molecule has 1 aliphatic carbocycles. The third-order valence-electron chi connectivity index (χ3n) is 6.74. The maximum atomic E-state index is 13.6. The van der Waals surface area contributed by atoms with Gasteiger partial charge in [0, 0.05) is 18.7 Å². The predicted molar refractivity (Wildman–Crippen MR) is 109 cm³/mol. The molecule has 0 aromatic heterocycles. The van der Waals surface area contributed by atoms with Gasteiger partial charge in [-0.1, -0.05) is 25.1 Å². The fourth-order valence-electron chi connectivity index (χ4n) is 4.86. The van der Waals surface area contributed by atoms with Crippen LogP contribution in [0.4, 0.5) is 0 Å². The molecule has 6 heteroatoms. The Balaban J connectivity index is 1.57. The van der Waals surface area contributed by atoms with E-state index in [1.807, 2.05) is 31.2 Å². The van der Waals surface area contributed by atoms with Gasteiger partial charge in [0.05, 0.1) is 12.7 Å². The van der Waals surface area contributed by atoms with Crippen LogP contribution in [0.2, 0.25) is 0 Å². The summed E-state index contributed by atoms with van der Waals surface area (Å²) >= 11 is 0. The van der Waals surface area contributed by atoms with E-state index in [1.54, 1.807) is 4.90 Å². The number of nitrogens with zero attached hydrogens (tertiary/aromatic N) is 1. The molecule has 2 atom stereocenters. The van der Waals surface area contributed by atoms with E-state index in [4.69, 9.17) is 9.47 Å². The van der Waals surface area contributed by atoms with Crippen LogP contribution >= 0.6 is 0 Å². The molecule has 0 unspecified atom stereocenters. The Kier molecular flexibility index (Phi) is 5.93. The normalized spacial score (nSPS) is 31.9. The van der Waals surface area contributed by atoms with Gasteiger partial charge < -0.3 is 14.8 Å². The Hall–Kier alpha value is -1.92. The number of carbonyl (C=O) groups excluding carboxylic acids is 2. The first-order valence-electron chi connectivity index (χ1n) is 10.9. The molecule has 2 heterocycles. The first-order valence-corrected chi connectivity index (χ1v) is 10.9. The molecule has 1 spiro atoms. The number of nitrogens with one attached hydrogen (secondary N) is 1. The molecule has 3 aliphatic rings. The van der Waals surface area contributed by atoms with Crippen LogP contribution in [-0.4, -0.2) is 54.3 Å². The average Bonchev–Trinajstić information content (AvgIpc) is 3.37. The maximum absolute atomic E-state index is 13.6. The van der Waals surface area contributed by atoms with E-state index in [0.29, 0.717) is 18.0 Å². The quantitative estimate of drug-likeness (QED) is 0.844. The zero-order chi connectivity index (χ0) is 20.4. The van der Waals surface area contributed by atoms with E-state index < -0.39 is 11.8 Å². The zero-order valence-electron chi connectivity index (χ0n) is 17.5. The van der Waals surface area contributed by atoms with Crippen molar-refractivity contribution in [3.8, 4) is 0 Å². The molecule has 1 aromatic rings. The van der Waals surface area contributed by atoms with Crippen molar-refractivity contribution in [1.29, 1.82) is 0 Å². The van der Waals surface area contributed by atoms with Crippen molar-refractivity contribution >= 4 is 11.8 Å². The number of benzene rings is 1. The van der Waals surface area contributed by atoms with Gasteiger partial charge in [0.25, 0.3) is 5.91 Å². The van der Waals surface area contributed by atoms with Gasteiger partial charge in [0.15, 0.2) is 0 Å². The molecule has 6 nitrogen and oxygen atoms in total. The molecule has 1 saturated carbocycles. The SMILES string of the molecule is Cc1ccccc1C(=O)N1[C@H](C(=O)NC[C@@H]2CCCO2)COC12CCC(C)CC2. The molecule has 2 amide bonds. The van der Waals surface area contributed by atoms with Crippen LogP contribution in [0.25, 0.3) is 0 Å². The summed E-state index contributed by atoms with van der Waals surface area (Å²) in [5.74, 6) is 0.373. The third kappa shape index (κ3) is 4.05. The van der Waals surface area contributed by atoms with Gasteiger partial charge in [-0.05, 0) is 63.0 Å². The second-order valence-electron chi connectivity index (χ2n) is 8.83. The monoisotopic (exact) mass is 400 g/mol. The number of hydrogen-bond acceptors (Lipinski definition) is 4. The molecule has 158 valence electrons. The predicted octanol–water partition coefficient (Wildman–Crippen LogP) is 3.04. The zero-order valence-corrected chi connectivity index (χ0v) is 17.5. The minimum Gasteiger partial charge on any atom is -0.376 e. The van der Waals surface area contributed by atoms with E-state index in [2.05, 4.69) is 12.2 Å². The molecule has 4 rings (SSSR count). The van der Waals surface area contributed by atoms with Gasteiger partial charge in [0.2, 0.25) is 5.91 Å². The van der Waals surface area contributed by atoms with Crippen molar-refractivity contribution in [2.45, 2.75) is 70.2 Å². The van der Waals surface area contributed by atoms with Crippen LogP contribution in [0.15, 0.2) is 24.3 Å². The lowest BCUT2D eigenvalue weighted by molar-refractivity contribution is -0.128. The number of aryl methyl sites for hydroxylation is 1. The number of carbonyl (C=O) groups is 2. The van der Waals surface area contributed by atoms with Gasteiger partial charge in [-0.2, -0.15) is 0 Å². The highest BCUT2D eigenvalue weighted by molar-refractivity contribution is 5.99. The maximum Gasteiger partial charge on any atom is 0.257 e. The van der Waals surface area contributed by atoms with E-state index in [-0.39, 0.29) is 24.5 Å². The number of hydrogen-bond donors (Lipinski definition) is 1. The molecule has 2 aliphatic heterocycles. The Bertz CT molecular complexity index is 751. The second kappa shape index (κ2) is 8.44. The highest BCUT2D eigenvalue weighted by Crippen LogP contribution is 2.43. The first-order chi connectivity index (χ1) is 14.0. The topological polar surface area (TPSA) is 67.9 Å². The second-order valence-corrected chi connectivity index (χ2v) is 8.83. The Morgan fingerprint density at radius 2 is 1.97 bits per heavy atom. The molecule has 29 heavy (non-hydrogen) atoms. The third-order valence-corrected chi connectivity index (χ3v) is 6.74. The molecular weight excluding hydrogens is 368 g/mol. The molecular formula is C23H32N2O4. The summed E-state index contributed by atoms with van der Waals surface area (Å²) in [6, 6.07) is 6.98. The summed E-state index contributed by atoms with van der Waals surface area (Å²) in [5, 5.41) is 3.01. The summed E-state index contributed by atoms with van der Waals surface area (Å²) in [6.07, 6.45) is 5.64. The van der Waals surface area contributed by atoms with E-state index >= 15 is 0 Å². The number of rotatable bonds is 4. The molecule has 0 radical (unpaired) electrons. The lowest BCUT2D eigenvalue weighted by Crippen LogP contribution is -2.57. The minimum absolute atomic E-state index is 0.0753. The van der Waals surface area contributed by atoms with Gasteiger partial charge in [-0.25, -0.2) is 0 Å². The fourth-order valence-corrected chi connectivity index (χ4v) is 4.86. The highest BCUT2D eigenvalue weighted by Gasteiger charge is 2.53. The number of ether oxygens (including phenoxy) is 2. The minimum atomic E-state index is -0.669. The van der Waals surface area contributed by atoms with Crippen LogP contribution in [-0.2, 0) is 14.3 Å². The highest BCUT2D eigenvalue weighted by atomic mass is 16.5. The van der Waals surface area contributed by atoms with Crippen molar-refractivity contribution in [3.05, 3.63) is 35.4 Å². The van der Waals surface area contributed by atoms with Gasteiger partial charge in [-0.3, -0.25) is 14.5 Å². The van der Waals surface area contributed by atoms with Gasteiger partial charge >= 0.3 is 0 Å². The lowest BCUT2D eigenvalue weighted by Gasteiger charge is -2.43. The van der Waals surface area contributed by atoms with Crippen molar-refractivity contribution in [2.75, 3.05) is 19.8 Å². The fraction of sp³-hybridized carbons (Fsp3) is 0.652. The van der Waals surface area contributed by atoms with Gasteiger partial charge in [-0.15, -0.1) is 0 Å². The van der Waals surface area contributed by atoms with Crippen LogP contribution in [0.3, 0.4) is 0 Å². The summed E-state index contributed by atoms with van der Waals surface area (Å²) in [4.78, 5) is 28.5. The first kappa shape index (κ1) is 20.4. The van der Waals surface area contributed by atoms with Crippen LogP contribution < -0.4 is 5.32 Å². The van der Waals surface area contributed by atoms with Crippen molar-refractivity contribution in [2.24, 2.45) is 5.92 Å². The summed E-state index contributed by atoms with van der Waals surface area (Å²) < 4.78 is 11.9. The Labute approximate surface area is 172 Å². The van der Waals surface area contributed by atoms with Crippen molar-refractivity contribution in [1.82, 2.24) is 10.2 Å². The number of amides is 2. The van der Waals surface area contributed by atoms with Crippen LogP contribution in [0.1, 0.15) is 61.4 Å². The molecule has 2 saturated heterocycles. The molecule has 3 fully saturated rings. The smallest absolute Gasteiger partial charge is 0.257 e. The lowest BCUT2D eigenvalue weighted by atomic mass is 9.83. The van der Waals surface area contributed by atoms with Gasteiger partial charge in [0.1, 0.15) is 11.8 Å². The van der Waals surface area contributed by atoms with Crippen molar-refractivity contribution in [3.63, 3.8) is 0 Å². The molecule has 1 N–H and O–H groups in total. The molecule has 1 aromatic carbocycles. The van der Waals surface area contributed by atoms with Crippen LogP contribution in [0.5, 0.6) is 0 Å². The largest absolute Gasteiger partial charge is 0.376 e. The Morgan fingerprint density at radius 1 is 1.21 bits per heavy atom. The average molecular weight is 401 g/mol. The van der Waals surface area contributed by atoms with E-state index in [1.165, 1.54) is 0 Å². The Morgan fingerprint density at radius 3 is 2.66 bits per heavy atom. The standard InChI is InChI=1S/C23H32N2O4/c1-16-9-11-23(12-10-16)25(22(27)19-8-4-3-6-17(19)2)20(15-29-23)21(26)24-14-18-7-5-13-28-18/h3-4,6,8,16,18,20H,5,7,9-15H2,1-2H3,(H,24,26)/t16?,18-,20-,23?/m0/s1. The van der Waals surface area contributed by atoms with Crippen molar-refractivity contribution < 1.29 is 19.1 Å². The summed E-state index contributed by atoms with van der Waals surface area (Å²) in [6.45, 7) is 5.68. The summed E-state index contributed by atoms with van der Waals surface area (Å²) in [5.41, 5.74) is 0.896. The van der Waals surface area contributed by atoms with Crippen LogP contribution in [0, 0.1) is 12.8 Å². The molecule has 0 bridgehead atoms.